The van der Waals surface area contributed by atoms with E-state index >= 15 is 0 Å². The standard InChI is InChI=1S/C11H9N5S/c12-10-3-1-8(2-4-10)9-5-14-16(6-9)11-15-13-7-17-11/h1-7H,12H2. The normalized spacial score (nSPS) is 10.6. The summed E-state index contributed by atoms with van der Waals surface area (Å²) in [6.45, 7) is 0. The van der Waals surface area contributed by atoms with Gasteiger partial charge in [-0.25, -0.2) is 4.68 Å². The van der Waals surface area contributed by atoms with Gasteiger partial charge in [-0.1, -0.05) is 23.5 Å². The highest BCUT2D eigenvalue weighted by Crippen LogP contribution is 2.21. The van der Waals surface area contributed by atoms with Gasteiger partial charge in [0, 0.05) is 17.4 Å². The second kappa shape index (κ2) is 3.99. The first-order valence-electron chi connectivity index (χ1n) is 5.00. The molecule has 0 spiro atoms. The van der Waals surface area contributed by atoms with Crippen LogP contribution in [-0.4, -0.2) is 20.0 Å². The summed E-state index contributed by atoms with van der Waals surface area (Å²) < 4.78 is 1.71. The third-order valence-electron chi connectivity index (χ3n) is 2.37. The van der Waals surface area contributed by atoms with Crippen molar-refractivity contribution in [3.05, 3.63) is 42.2 Å². The number of benzene rings is 1. The Balaban J connectivity index is 1.98. The van der Waals surface area contributed by atoms with E-state index in [0.29, 0.717) is 0 Å². The van der Waals surface area contributed by atoms with E-state index in [2.05, 4.69) is 15.3 Å². The summed E-state index contributed by atoms with van der Waals surface area (Å²) in [5, 5.41) is 12.7. The summed E-state index contributed by atoms with van der Waals surface area (Å²) in [6.07, 6.45) is 3.72. The smallest absolute Gasteiger partial charge is 0.232 e. The van der Waals surface area contributed by atoms with Gasteiger partial charge in [-0.15, -0.1) is 10.2 Å². The molecule has 84 valence electrons. The molecule has 6 heteroatoms. The maximum Gasteiger partial charge on any atom is 0.232 e. The second-order valence-corrected chi connectivity index (χ2v) is 4.33. The molecule has 0 amide bonds. The first-order valence-corrected chi connectivity index (χ1v) is 5.88. The average molecular weight is 243 g/mol. The van der Waals surface area contributed by atoms with Crippen molar-refractivity contribution in [3.63, 3.8) is 0 Å². The minimum absolute atomic E-state index is 0.755. The van der Waals surface area contributed by atoms with E-state index in [0.717, 1.165) is 21.9 Å². The molecule has 0 fully saturated rings. The molecule has 0 radical (unpaired) electrons. The van der Waals surface area contributed by atoms with Gasteiger partial charge < -0.3 is 5.73 Å². The van der Waals surface area contributed by atoms with Crippen LogP contribution < -0.4 is 5.73 Å². The van der Waals surface area contributed by atoms with Crippen molar-refractivity contribution in [3.8, 4) is 16.3 Å². The van der Waals surface area contributed by atoms with Crippen molar-refractivity contribution in [1.29, 1.82) is 0 Å². The van der Waals surface area contributed by atoms with Gasteiger partial charge in [0.15, 0.2) is 0 Å². The third-order valence-corrected chi connectivity index (χ3v) is 3.05. The van der Waals surface area contributed by atoms with Gasteiger partial charge in [-0.3, -0.25) is 0 Å². The third kappa shape index (κ3) is 1.90. The van der Waals surface area contributed by atoms with Crippen molar-refractivity contribution in [1.82, 2.24) is 20.0 Å². The fourth-order valence-electron chi connectivity index (χ4n) is 1.52. The number of nitrogen functional groups attached to an aromatic ring is 1. The molecule has 5 nitrogen and oxygen atoms in total. The van der Waals surface area contributed by atoms with Gasteiger partial charge in [0.2, 0.25) is 5.13 Å². The first kappa shape index (κ1) is 9.98. The average Bonchev–Trinajstić information content (AvgIpc) is 3.00. The SMILES string of the molecule is Nc1ccc(-c2cnn(-c3nncs3)c2)cc1. The molecule has 0 aliphatic heterocycles. The Hall–Kier alpha value is -2.21. The lowest BCUT2D eigenvalue weighted by atomic mass is 10.1. The molecular weight excluding hydrogens is 234 g/mol. The van der Waals surface area contributed by atoms with Crippen LogP contribution in [0.4, 0.5) is 5.69 Å². The second-order valence-electron chi connectivity index (χ2n) is 3.52. The number of aromatic nitrogens is 4. The fraction of sp³-hybridized carbons (Fsp3) is 0. The fourth-order valence-corrected chi connectivity index (χ4v) is 2.01. The van der Waals surface area contributed by atoms with Crippen molar-refractivity contribution in [2.75, 3.05) is 5.73 Å². The Morgan fingerprint density at radius 1 is 1.12 bits per heavy atom. The molecule has 1 aromatic carbocycles. The Kier molecular flexibility index (Phi) is 2.34. The van der Waals surface area contributed by atoms with E-state index < -0.39 is 0 Å². The maximum absolute atomic E-state index is 5.65. The number of nitrogens with two attached hydrogens (primary N) is 1. The summed E-state index contributed by atoms with van der Waals surface area (Å²) in [4.78, 5) is 0. The highest BCUT2D eigenvalue weighted by atomic mass is 32.1. The van der Waals surface area contributed by atoms with Crippen LogP contribution in [0.25, 0.3) is 16.3 Å². The lowest BCUT2D eigenvalue weighted by Gasteiger charge is -1.97. The summed E-state index contributed by atoms with van der Waals surface area (Å²) in [5.41, 5.74) is 10.2. The van der Waals surface area contributed by atoms with Crippen molar-refractivity contribution < 1.29 is 0 Å². The van der Waals surface area contributed by atoms with Gasteiger partial charge in [0.05, 0.1) is 6.20 Å². The highest BCUT2D eigenvalue weighted by molar-refractivity contribution is 7.11. The van der Waals surface area contributed by atoms with Gasteiger partial charge in [0.25, 0.3) is 0 Å². The molecule has 0 saturated heterocycles. The molecule has 0 aliphatic carbocycles. The maximum atomic E-state index is 5.65. The Morgan fingerprint density at radius 2 is 1.94 bits per heavy atom. The Morgan fingerprint density at radius 3 is 2.65 bits per heavy atom. The number of hydrogen-bond donors (Lipinski definition) is 1. The van der Waals surface area contributed by atoms with Gasteiger partial charge in [-0.2, -0.15) is 5.10 Å². The number of nitrogens with zero attached hydrogens (tertiary/aromatic N) is 4. The molecule has 17 heavy (non-hydrogen) atoms. The minimum atomic E-state index is 0.755. The van der Waals surface area contributed by atoms with Crippen LogP contribution in [-0.2, 0) is 0 Å². The molecule has 0 bridgehead atoms. The predicted octanol–water partition coefficient (Wildman–Crippen LogP) is 1.97. The highest BCUT2D eigenvalue weighted by Gasteiger charge is 2.05. The van der Waals surface area contributed by atoms with Gasteiger partial charge in [0.1, 0.15) is 5.51 Å². The zero-order valence-electron chi connectivity index (χ0n) is 8.82. The van der Waals surface area contributed by atoms with E-state index in [-0.39, 0.29) is 0 Å². The van der Waals surface area contributed by atoms with Crippen LogP contribution in [0.3, 0.4) is 0 Å². The van der Waals surface area contributed by atoms with E-state index in [9.17, 15) is 0 Å². The summed E-state index contributed by atoms with van der Waals surface area (Å²) in [7, 11) is 0. The molecule has 0 atom stereocenters. The molecule has 0 aliphatic rings. The topological polar surface area (TPSA) is 69.6 Å². The van der Waals surface area contributed by atoms with Crippen LogP contribution in [0.1, 0.15) is 0 Å². The molecule has 3 aromatic rings. The molecule has 2 N–H and O–H groups in total. The van der Waals surface area contributed by atoms with Crippen LogP contribution in [0.2, 0.25) is 0 Å². The summed E-state index contributed by atoms with van der Waals surface area (Å²) in [6, 6.07) is 7.68. The van der Waals surface area contributed by atoms with Crippen LogP contribution in [0.15, 0.2) is 42.2 Å². The largest absolute Gasteiger partial charge is 0.399 e. The van der Waals surface area contributed by atoms with E-state index in [1.165, 1.54) is 11.3 Å². The van der Waals surface area contributed by atoms with E-state index in [4.69, 9.17) is 5.73 Å². The lowest BCUT2D eigenvalue weighted by molar-refractivity contribution is 0.846. The summed E-state index contributed by atoms with van der Waals surface area (Å²) in [5.74, 6) is 0. The van der Waals surface area contributed by atoms with Gasteiger partial charge >= 0.3 is 0 Å². The van der Waals surface area contributed by atoms with Crippen molar-refractivity contribution in [2.24, 2.45) is 0 Å². The van der Waals surface area contributed by atoms with Crippen molar-refractivity contribution >= 4 is 17.0 Å². The molecule has 2 heterocycles. The summed E-state index contributed by atoms with van der Waals surface area (Å²) >= 11 is 1.45. The lowest BCUT2D eigenvalue weighted by Crippen LogP contribution is -1.92. The quantitative estimate of drug-likeness (QED) is 0.699. The Bertz CT molecular complexity index is 612. The van der Waals surface area contributed by atoms with Crippen LogP contribution in [0, 0.1) is 0 Å². The zero-order chi connectivity index (χ0) is 11.7. The zero-order valence-corrected chi connectivity index (χ0v) is 9.63. The Labute approximate surface area is 102 Å². The number of rotatable bonds is 2. The van der Waals surface area contributed by atoms with Crippen molar-refractivity contribution in [2.45, 2.75) is 0 Å². The molecule has 2 aromatic heterocycles. The van der Waals surface area contributed by atoms with Crippen LogP contribution >= 0.6 is 11.3 Å². The monoisotopic (exact) mass is 243 g/mol. The number of anilines is 1. The molecule has 3 rings (SSSR count). The van der Waals surface area contributed by atoms with Gasteiger partial charge in [-0.05, 0) is 17.7 Å². The predicted molar refractivity (Wildman–Crippen MR) is 66.9 cm³/mol. The van der Waals surface area contributed by atoms with E-state index in [1.807, 2.05) is 30.5 Å². The minimum Gasteiger partial charge on any atom is -0.399 e. The van der Waals surface area contributed by atoms with E-state index in [1.54, 1.807) is 16.4 Å². The molecule has 0 saturated carbocycles. The molecule has 0 unspecified atom stereocenters. The molecular formula is C11H9N5S. The first-order chi connectivity index (χ1) is 8.33. The number of hydrogen-bond acceptors (Lipinski definition) is 5. The van der Waals surface area contributed by atoms with Crippen LogP contribution in [0.5, 0.6) is 0 Å².